The number of nitrogens with one attached hydrogen (secondary N) is 1. The summed E-state index contributed by atoms with van der Waals surface area (Å²) in [5, 5.41) is 2.96. The second-order valence-electron chi connectivity index (χ2n) is 5.15. The Morgan fingerprint density at radius 2 is 1.82 bits per heavy atom. The van der Waals surface area contributed by atoms with Gasteiger partial charge in [-0.25, -0.2) is 0 Å². The lowest BCUT2D eigenvalue weighted by Crippen LogP contribution is -2.37. The molecule has 2 rings (SSSR count). The molecule has 22 heavy (non-hydrogen) atoms. The van der Waals surface area contributed by atoms with Crippen LogP contribution in [0.1, 0.15) is 12.5 Å². The van der Waals surface area contributed by atoms with Gasteiger partial charge in [-0.1, -0.05) is 36.4 Å². The summed E-state index contributed by atoms with van der Waals surface area (Å²) in [6, 6.07) is 17.8. The Labute approximate surface area is 136 Å². The molecule has 0 radical (unpaired) electrons. The van der Waals surface area contributed by atoms with Crippen molar-refractivity contribution in [1.29, 1.82) is 0 Å². The monoisotopic (exact) mass is 315 g/mol. The molecule has 0 aliphatic rings. The molecule has 2 aromatic rings. The lowest BCUT2D eigenvalue weighted by atomic mass is 10.2. The largest absolute Gasteiger partial charge is 0.491 e. The van der Waals surface area contributed by atoms with Crippen molar-refractivity contribution in [3.63, 3.8) is 0 Å². The van der Waals surface area contributed by atoms with Crippen LogP contribution in [0.15, 0.2) is 59.5 Å². The molecule has 0 aliphatic carbocycles. The van der Waals surface area contributed by atoms with Crippen molar-refractivity contribution in [2.75, 3.05) is 12.4 Å². The van der Waals surface area contributed by atoms with Gasteiger partial charge in [-0.3, -0.25) is 4.79 Å². The summed E-state index contributed by atoms with van der Waals surface area (Å²) in [6.45, 7) is 4.42. The first-order chi connectivity index (χ1) is 10.6. The summed E-state index contributed by atoms with van der Waals surface area (Å²) < 4.78 is 5.74. The molecule has 0 aromatic heterocycles. The SMILES string of the molecule is Cc1ccccc1OCC(C)NC(=O)CSc1ccccc1. The highest BCUT2D eigenvalue weighted by molar-refractivity contribution is 8.00. The van der Waals surface area contributed by atoms with E-state index in [1.54, 1.807) is 0 Å². The molecule has 1 unspecified atom stereocenters. The maximum absolute atomic E-state index is 11.9. The highest BCUT2D eigenvalue weighted by Gasteiger charge is 2.09. The number of para-hydroxylation sites is 1. The first-order valence-electron chi connectivity index (χ1n) is 7.31. The number of benzene rings is 2. The van der Waals surface area contributed by atoms with Crippen LogP contribution in [0.4, 0.5) is 0 Å². The van der Waals surface area contributed by atoms with E-state index in [9.17, 15) is 4.79 Å². The van der Waals surface area contributed by atoms with Crippen LogP contribution in [0.25, 0.3) is 0 Å². The van der Waals surface area contributed by atoms with Gasteiger partial charge in [0, 0.05) is 4.90 Å². The van der Waals surface area contributed by atoms with Gasteiger partial charge in [0.25, 0.3) is 0 Å². The third-order valence-corrected chi connectivity index (χ3v) is 4.11. The summed E-state index contributed by atoms with van der Waals surface area (Å²) in [7, 11) is 0. The van der Waals surface area contributed by atoms with E-state index in [1.807, 2.05) is 68.4 Å². The smallest absolute Gasteiger partial charge is 0.230 e. The molecule has 1 N–H and O–H groups in total. The molecule has 1 atom stereocenters. The molecule has 0 bridgehead atoms. The summed E-state index contributed by atoms with van der Waals surface area (Å²) >= 11 is 1.53. The van der Waals surface area contributed by atoms with Crippen molar-refractivity contribution < 1.29 is 9.53 Å². The summed E-state index contributed by atoms with van der Waals surface area (Å²) in [5.41, 5.74) is 1.10. The zero-order chi connectivity index (χ0) is 15.8. The van der Waals surface area contributed by atoms with Crippen molar-refractivity contribution >= 4 is 17.7 Å². The highest BCUT2D eigenvalue weighted by Crippen LogP contribution is 2.17. The Kier molecular flexibility index (Phi) is 6.34. The van der Waals surface area contributed by atoms with Crippen LogP contribution >= 0.6 is 11.8 Å². The van der Waals surface area contributed by atoms with Crippen LogP contribution in [0.3, 0.4) is 0 Å². The lowest BCUT2D eigenvalue weighted by Gasteiger charge is -2.16. The van der Waals surface area contributed by atoms with Crippen LogP contribution in [0, 0.1) is 6.92 Å². The van der Waals surface area contributed by atoms with Crippen molar-refractivity contribution in [2.45, 2.75) is 24.8 Å². The average Bonchev–Trinajstić information content (AvgIpc) is 2.53. The molecule has 0 heterocycles. The molecule has 3 nitrogen and oxygen atoms in total. The Morgan fingerprint density at radius 1 is 1.14 bits per heavy atom. The van der Waals surface area contributed by atoms with E-state index in [0.29, 0.717) is 12.4 Å². The number of rotatable bonds is 7. The predicted molar refractivity (Wildman–Crippen MR) is 91.4 cm³/mol. The van der Waals surface area contributed by atoms with E-state index >= 15 is 0 Å². The number of carbonyl (C=O) groups excluding carboxylic acids is 1. The Hall–Kier alpha value is -1.94. The molecule has 2 aromatic carbocycles. The molecular formula is C18H21NO2S. The molecule has 0 aliphatic heterocycles. The molecule has 116 valence electrons. The first kappa shape index (κ1) is 16.4. The fraction of sp³-hybridized carbons (Fsp3) is 0.278. The Morgan fingerprint density at radius 3 is 2.55 bits per heavy atom. The van der Waals surface area contributed by atoms with E-state index < -0.39 is 0 Å². The number of aryl methyl sites for hydroxylation is 1. The Bertz CT molecular complexity index is 601. The average molecular weight is 315 g/mol. The molecule has 4 heteroatoms. The van der Waals surface area contributed by atoms with Gasteiger partial charge in [-0.05, 0) is 37.6 Å². The number of hydrogen-bond acceptors (Lipinski definition) is 3. The van der Waals surface area contributed by atoms with Crippen molar-refractivity contribution in [3.05, 3.63) is 60.2 Å². The highest BCUT2D eigenvalue weighted by atomic mass is 32.2. The number of thioether (sulfide) groups is 1. The maximum Gasteiger partial charge on any atom is 0.230 e. The van der Waals surface area contributed by atoms with Gasteiger partial charge in [0.1, 0.15) is 12.4 Å². The Balaban J connectivity index is 1.71. The van der Waals surface area contributed by atoms with Gasteiger partial charge >= 0.3 is 0 Å². The third-order valence-electron chi connectivity index (χ3n) is 3.10. The van der Waals surface area contributed by atoms with Gasteiger partial charge in [-0.15, -0.1) is 11.8 Å². The van der Waals surface area contributed by atoms with Crippen molar-refractivity contribution in [3.8, 4) is 5.75 Å². The quantitative estimate of drug-likeness (QED) is 0.792. The fourth-order valence-electron chi connectivity index (χ4n) is 1.96. The van der Waals surface area contributed by atoms with Crippen LogP contribution in [0.2, 0.25) is 0 Å². The van der Waals surface area contributed by atoms with Crippen LogP contribution in [-0.2, 0) is 4.79 Å². The van der Waals surface area contributed by atoms with Gasteiger partial charge in [0.05, 0.1) is 11.8 Å². The van der Waals surface area contributed by atoms with E-state index in [0.717, 1.165) is 16.2 Å². The minimum absolute atomic E-state index is 0.0229. The molecule has 0 spiro atoms. The van der Waals surface area contributed by atoms with Crippen LogP contribution < -0.4 is 10.1 Å². The third kappa shape index (κ3) is 5.45. The summed E-state index contributed by atoms with van der Waals surface area (Å²) in [6.07, 6.45) is 0. The van der Waals surface area contributed by atoms with Gasteiger partial charge in [-0.2, -0.15) is 0 Å². The van der Waals surface area contributed by atoms with E-state index in [4.69, 9.17) is 4.74 Å². The predicted octanol–water partition coefficient (Wildman–Crippen LogP) is 3.67. The zero-order valence-corrected chi connectivity index (χ0v) is 13.7. The molecule has 1 amide bonds. The standard InChI is InChI=1S/C18H21NO2S/c1-14-8-6-7-11-17(14)21-12-15(2)19-18(20)13-22-16-9-4-3-5-10-16/h3-11,15H,12-13H2,1-2H3,(H,19,20). The minimum atomic E-state index is -0.0246. The number of carbonyl (C=O) groups is 1. The molecule has 0 fully saturated rings. The van der Waals surface area contributed by atoms with Crippen LogP contribution in [-0.4, -0.2) is 24.3 Å². The summed E-state index contributed by atoms with van der Waals surface area (Å²) in [4.78, 5) is 13.0. The number of hydrogen-bond donors (Lipinski definition) is 1. The number of amides is 1. The first-order valence-corrected chi connectivity index (χ1v) is 8.29. The van der Waals surface area contributed by atoms with Crippen molar-refractivity contribution in [1.82, 2.24) is 5.32 Å². The van der Waals surface area contributed by atoms with E-state index in [2.05, 4.69) is 5.32 Å². The zero-order valence-electron chi connectivity index (χ0n) is 12.9. The van der Waals surface area contributed by atoms with Crippen LogP contribution in [0.5, 0.6) is 5.75 Å². The van der Waals surface area contributed by atoms with Gasteiger partial charge in [0.2, 0.25) is 5.91 Å². The van der Waals surface area contributed by atoms with Gasteiger partial charge < -0.3 is 10.1 Å². The van der Waals surface area contributed by atoms with Crippen molar-refractivity contribution in [2.24, 2.45) is 0 Å². The van der Waals surface area contributed by atoms with Gasteiger partial charge in [0.15, 0.2) is 0 Å². The van der Waals surface area contributed by atoms with E-state index in [-0.39, 0.29) is 11.9 Å². The molecule has 0 saturated carbocycles. The number of ether oxygens (including phenoxy) is 1. The van der Waals surface area contributed by atoms with E-state index in [1.165, 1.54) is 11.8 Å². The lowest BCUT2D eigenvalue weighted by molar-refractivity contribution is -0.119. The fourth-order valence-corrected chi connectivity index (χ4v) is 2.69. The second-order valence-corrected chi connectivity index (χ2v) is 6.20. The summed E-state index contributed by atoms with van der Waals surface area (Å²) in [5.74, 6) is 1.30. The molecular weight excluding hydrogens is 294 g/mol. The normalized spacial score (nSPS) is 11.7. The molecule has 0 saturated heterocycles. The maximum atomic E-state index is 11.9. The topological polar surface area (TPSA) is 38.3 Å². The second kappa shape index (κ2) is 8.49. The minimum Gasteiger partial charge on any atom is -0.491 e.